The number of benzene rings is 1. The maximum Gasteiger partial charge on any atom is 0.308 e. The Bertz CT molecular complexity index is 571. The van der Waals surface area contributed by atoms with Gasteiger partial charge in [0.1, 0.15) is 17.3 Å². The first-order chi connectivity index (χ1) is 10.0. The van der Waals surface area contributed by atoms with Gasteiger partial charge in [-0.3, -0.25) is 14.4 Å². The van der Waals surface area contributed by atoms with Crippen LogP contribution in [-0.4, -0.2) is 17.7 Å². The van der Waals surface area contributed by atoms with Crippen LogP contribution in [0.2, 0.25) is 0 Å². The van der Waals surface area contributed by atoms with E-state index in [0.717, 1.165) is 5.56 Å². The molecule has 0 saturated carbocycles. The summed E-state index contributed by atoms with van der Waals surface area (Å²) in [5.74, 6) is -0.410. The van der Waals surface area contributed by atoms with E-state index in [1.165, 1.54) is 26.8 Å². The molecule has 0 N–H and O–H groups in total. The molecule has 22 heavy (non-hydrogen) atoms. The van der Waals surface area contributed by atoms with Gasteiger partial charge in [-0.15, -0.1) is 0 Å². The van der Waals surface area contributed by atoms with Crippen LogP contribution in [-0.2, 0) is 26.2 Å². The van der Waals surface area contributed by atoms with E-state index in [-0.39, 0.29) is 23.4 Å². The lowest BCUT2D eigenvalue weighted by atomic mass is 9.81. The van der Waals surface area contributed by atoms with Crippen LogP contribution in [0, 0.1) is 0 Å². The van der Waals surface area contributed by atoms with Gasteiger partial charge in [-0.05, 0) is 24.0 Å². The van der Waals surface area contributed by atoms with E-state index in [1.807, 2.05) is 20.8 Å². The third-order valence-corrected chi connectivity index (χ3v) is 2.86. The summed E-state index contributed by atoms with van der Waals surface area (Å²) < 4.78 is 10.4. The van der Waals surface area contributed by atoms with Crippen LogP contribution in [0.25, 0.3) is 0 Å². The minimum atomic E-state index is -0.481. The SMILES string of the molecule is CC(=O)Cc1cc(OC(C)=O)cc(OC(C)=O)c1C(C)(C)C. The Labute approximate surface area is 130 Å². The molecular formula is C17H22O5. The van der Waals surface area contributed by atoms with Gasteiger partial charge in [0.2, 0.25) is 0 Å². The second-order valence-electron chi connectivity index (χ2n) is 6.27. The van der Waals surface area contributed by atoms with Crippen molar-refractivity contribution in [2.24, 2.45) is 0 Å². The highest BCUT2D eigenvalue weighted by Gasteiger charge is 2.26. The highest BCUT2D eigenvalue weighted by Crippen LogP contribution is 2.38. The molecular weight excluding hydrogens is 284 g/mol. The fraction of sp³-hybridized carbons (Fsp3) is 0.471. The molecule has 5 heteroatoms. The molecule has 120 valence electrons. The van der Waals surface area contributed by atoms with Crippen LogP contribution in [0.4, 0.5) is 0 Å². The first kappa shape index (κ1) is 17.9. The fourth-order valence-electron chi connectivity index (χ4n) is 2.36. The van der Waals surface area contributed by atoms with Crippen LogP contribution >= 0.6 is 0 Å². The average Bonchev–Trinajstić information content (AvgIpc) is 2.22. The lowest BCUT2D eigenvalue weighted by Crippen LogP contribution is -2.19. The third kappa shape index (κ3) is 4.98. The molecule has 0 unspecified atom stereocenters. The van der Waals surface area contributed by atoms with E-state index in [4.69, 9.17) is 9.47 Å². The molecule has 5 nitrogen and oxygen atoms in total. The number of hydrogen-bond acceptors (Lipinski definition) is 5. The topological polar surface area (TPSA) is 69.7 Å². The molecule has 0 spiro atoms. The van der Waals surface area contributed by atoms with Gasteiger partial charge >= 0.3 is 11.9 Å². The number of ketones is 1. The minimum Gasteiger partial charge on any atom is -0.427 e. The highest BCUT2D eigenvalue weighted by atomic mass is 16.5. The predicted octanol–water partition coefficient (Wildman–Crippen LogP) is 2.97. The Kier molecular flexibility index (Phi) is 5.47. The van der Waals surface area contributed by atoms with Gasteiger partial charge in [-0.25, -0.2) is 0 Å². The Morgan fingerprint density at radius 1 is 0.955 bits per heavy atom. The van der Waals surface area contributed by atoms with E-state index in [0.29, 0.717) is 11.3 Å². The maximum atomic E-state index is 11.5. The van der Waals surface area contributed by atoms with Crippen molar-refractivity contribution in [2.75, 3.05) is 0 Å². The summed E-state index contributed by atoms with van der Waals surface area (Å²) in [6.45, 7) is 9.96. The zero-order valence-electron chi connectivity index (χ0n) is 13.9. The van der Waals surface area contributed by atoms with Crippen molar-refractivity contribution in [1.82, 2.24) is 0 Å². The van der Waals surface area contributed by atoms with Crippen LogP contribution < -0.4 is 9.47 Å². The molecule has 0 bridgehead atoms. The van der Waals surface area contributed by atoms with Gasteiger partial charge in [-0.1, -0.05) is 20.8 Å². The van der Waals surface area contributed by atoms with Gasteiger partial charge in [0.05, 0.1) is 0 Å². The van der Waals surface area contributed by atoms with Gasteiger partial charge in [-0.2, -0.15) is 0 Å². The third-order valence-electron chi connectivity index (χ3n) is 2.86. The zero-order valence-corrected chi connectivity index (χ0v) is 13.9. The molecule has 0 fully saturated rings. The first-order valence-corrected chi connectivity index (χ1v) is 7.04. The monoisotopic (exact) mass is 306 g/mol. The van der Waals surface area contributed by atoms with Crippen molar-refractivity contribution >= 4 is 17.7 Å². The van der Waals surface area contributed by atoms with Crippen molar-refractivity contribution in [3.8, 4) is 11.5 Å². The van der Waals surface area contributed by atoms with E-state index < -0.39 is 11.9 Å². The normalized spacial score (nSPS) is 11.0. The highest BCUT2D eigenvalue weighted by molar-refractivity contribution is 5.80. The van der Waals surface area contributed by atoms with Crippen LogP contribution in [0.5, 0.6) is 11.5 Å². The molecule has 1 aromatic carbocycles. The number of rotatable bonds is 4. The number of esters is 2. The molecule has 0 atom stereocenters. The lowest BCUT2D eigenvalue weighted by molar-refractivity contribution is -0.132. The lowest BCUT2D eigenvalue weighted by Gasteiger charge is -2.26. The van der Waals surface area contributed by atoms with Crippen molar-refractivity contribution in [3.63, 3.8) is 0 Å². The van der Waals surface area contributed by atoms with E-state index in [1.54, 1.807) is 6.07 Å². The molecule has 0 heterocycles. The summed E-state index contributed by atoms with van der Waals surface area (Å²) in [6.07, 6.45) is 0.177. The van der Waals surface area contributed by atoms with Gasteiger partial charge in [0.15, 0.2) is 0 Å². The molecule has 1 rings (SSSR count). The maximum absolute atomic E-state index is 11.5. The van der Waals surface area contributed by atoms with Crippen LogP contribution in [0.1, 0.15) is 52.7 Å². The molecule has 0 amide bonds. The number of hydrogen-bond donors (Lipinski definition) is 0. The number of ether oxygens (including phenoxy) is 2. The fourth-order valence-corrected chi connectivity index (χ4v) is 2.36. The molecule has 0 radical (unpaired) electrons. The van der Waals surface area contributed by atoms with Gasteiger partial charge < -0.3 is 9.47 Å². The van der Waals surface area contributed by atoms with Crippen molar-refractivity contribution in [1.29, 1.82) is 0 Å². The van der Waals surface area contributed by atoms with Gasteiger partial charge in [0.25, 0.3) is 0 Å². The number of carbonyl (C=O) groups excluding carboxylic acids is 3. The summed E-state index contributed by atoms with van der Waals surface area (Å²) in [4.78, 5) is 34.1. The number of Topliss-reactive ketones (excluding diaryl/α,β-unsaturated/α-hetero) is 1. The van der Waals surface area contributed by atoms with Crippen LogP contribution in [0.15, 0.2) is 12.1 Å². The summed E-state index contributed by atoms with van der Waals surface area (Å²) in [6, 6.07) is 3.16. The summed E-state index contributed by atoms with van der Waals surface area (Å²) in [5.41, 5.74) is 1.11. The van der Waals surface area contributed by atoms with E-state index in [2.05, 4.69) is 0 Å². The van der Waals surface area contributed by atoms with Crippen molar-refractivity contribution in [3.05, 3.63) is 23.3 Å². The smallest absolute Gasteiger partial charge is 0.308 e. The Morgan fingerprint density at radius 2 is 1.50 bits per heavy atom. The molecule has 0 aliphatic carbocycles. The second-order valence-corrected chi connectivity index (χ2v) is 6.27. The molecule has 0 saturated heterocycles. The minimum absolute atomic E-state index is 0.0285. The van der Waals surface area contributed by atoms with Crippen molar-refractivity contribution in [2.45, 2.75) is 53.4 Å². The quantitative estimate of drug-likeness (QED) is 0.632. The molecule has 0 aromatic heterocycles. The van der Waals surface area contributed by atoms with Gasteiger partial charge in [0, 0.05) is 31.9 Å². The zero-order chi connectivity index (χ0) is 17.1. The Hall–Kier alpha value is -2.17. The second kappa shape index (κ2) is 6.73. The average molecular weight is 306 g/mol. The van der Waals surface area contributed by atoms with E-state index >= 15 is 0 Å². The largest absolute Gasteiger partial charge is 0.427 e. The van der Waals surface area contributed by atoms with Crippen molar-refractivity contribution < 1.29 is 23.9 Å². The number of carbonyl (C=O) groups is 3. The van der Waals surface area contributed by atoms with Crippen LogP contribution in [0.3, 0.4) is 0 Å². The van der Waals surface area contributed by atoms with E-state index in [9.17, 15) is 14.4 Å². The summed E-state index contributed by atoms with van der Waals surface area (Å²) in [7, 11) is 0. The summed E-state index contributed by atoms with van der Waals surface area (Å²) in [5, 5.41) is 0. The Morgan fingerprint density at radius 3 is 1.91 bits per heavy atom. The standard InChI is InChI=1S/C17H22O5/c1-10(18)7-13-8-14(21-11(2)19)9-15(22-12(3)20)16(13)17(4,5)6/h8-9H,7H2,1-6H3. The first-order valence-electron chi connectivity index (χ1n) is 7.04. The summed E-state index contributed by atoms with van der Waals surface area (Å²) >= 11 is 0. The molecule has 1 aromatic rings. The predicted molar refractivity (Wildman–Crippen MR) is 82.1 cm³/mol. The molecule has 0 aliphatic rings. The Balaban J connectivity index is 3.56. The molecule has 0 aliphatic heterocycles.